The monoisotopic (exact) mass is 312 g/mol. The molecule has 0 aromatic heterocycles. The molecule has 1 fully saturated rings. The Morgan fingerprint density at radius 2 is 1.91 bits per heavy atom. The molecule has 3 rings (SSSR count). The zero-order valence-corrected chi connectivity index (χ0v) is 13.2. The van der Waals surface area contributed by atoms with E-state index < -0.39 is 0 Å². The molecule has 3 nitrogen and oxygen atoms in total. The molecule has 0 spiro atoms. The van der Waals surface area contributed by atoms with Crippen LogP contribution >= 0.6 is 11.8 Å². The number of thioether (sulfide) groups is 1. The van der Waals surface area contributed by atoms with Gasteiger partial charge in [0.15, 0.2) is 0 Å². The van der Waals surface area contributed by atoms with Gasteiger partial charge in [-0.1, -0.05) is 30.3 Å². The molecule has 0 bridgehead atoms. The first-order chi connectivity index (χ1) is 10.8. The molecule has 2 aromatic rings. The Labute approximate surface area is 135 Å². The standard InChI is InChI=1S/C18H20N2OS/c21-18(20-16-10-11-19-12-16)15-6-8-17(9-7-15)22-13-14-4-2-1-3-5-14/h1-9,16,19H,10-13H2,(H,20,21). The van der Waals surface area contributed by atoms with Crippen LogP contribution in [0.5, 0.6) is 0 Å². The average Bonchev–Trinajstić information content (AvgIpc) is 3.07. The van der Waals surface area contributed by atoms with Crippen LogP contribution < -0.4 is 10.6 Å². The van der Waals surface area contributed by atoms with E-state index in [1.807, 2.05) is 30.3 Å². The van der Waals surface area contributed by atoms with Gasteiger partial charge in [0.2, 0.25) is 0 Å². The maximum absolute atomic E-state index is 12.1. The third-order valence-electron chi connectivity index (χ3n) is 3.76. The number of hydrogen-bond donors (Lipinski definition) is 2. The molecule has 1 atom stereocenters. The summed E-state index contributed by atoms with van der Waals surface area (Å²) >= 11 is 1.79. The summed E-state index contributed by atoms with van der Waals surface area (Å²) in [5, 5.41) is 6.32. The molecule has 1 heterocycles. The summed E-state index contributed by atoms with van der Waals surface area (Å²) < 4.78 is 0. The second-order valence-corrected chi connectivity index (χ2v) is 6.51. The molecule has 0 aliphatic carbocycles. The third-order valence-corrected chi connectivity index (χ3v) is 4.84. The first kappa shape index (κ1) is 15.1. The van der Waals surface area contributed by atoms with E-state index in [9.17, 15) is 4.79 Å². The Morgan fingerprint density at radius 1 is 1.14 bits per heavy atom. The van der Waals surface area contributed by atoms with Crippen molar-refractivity contribution < 1.29 is 4.79 Å². The van der Waals surface area contributed by atoms with Crippen LogP contribution in [0.4, 0.5) is 0 Å². The highest BCUT2D eigenvalue weighted by Crippen LogP contribution is 2.23. The second-order valence-electron chi connectivity index (χ2n) is 5.46. The average molecular weight is 312 g/mol. The van der Waals surface area contributed by atoms with E-state index in [0.717, 1.165) is 30.8 Å². The van der Waals surface area contributed by atoms with Gasteiger partial charge >= 0.3 is 0 Å². The van der Waals surface area contributed by atoms with Gasteiger partial charge in [-0.25, -0.2) is 0 Å². The minimum atomic E-state index is 0.0216. The topological polar surface area (TPSA) is 41.1 Å². The van der Waals surface area contributed by atoms with Gasteiger partial charge in [-0.3, -0.25) is 4.79 Å². The van der Waals surface area contributed by atoms with Crippen LogP contribution in [-0.2, 0) is 5.75 Å². The van der Waals surface area contributed by atoms with Gasteiger partial charge in [0.1, 0.15) is 0 Å². The number of carbonyl (C=O) groups excluding carboxylic acids is 1. The zero-order valence-electron chi connectivity index (χ0n) is 12.4. The maximum atomic E-state index is 12.1. The Balaban J connectivity index is 1.54. The number of hydrogen-bond acceptors (Lipinski definition) is 3. The lowest BCUT2D eigenvalue weighted by molar-refractivity contribution is 0.0940. The molecule has 4 heteroatoms. The summed E-state index contributed by atoms with van der Waals surface area (Å²) in [6, 6.07) is 18.5. The molecular weight excluding hydrogens is 292 g/mol. The van der Waals surface area contributed by atoms with E-state index in [2.05, 4.69) is 34.9 Å². The lowest BCUT2D eigenvalue weighted by Crippen LogP contribution is -2.36. The smallest absolute Gasteiger partial charge is 0.251 e. The summed E-state index contributed by atoms with van der Waals surface area (Å²) in [6.45, 7) is 1.86. The Morgan fingerprint density at radius 3 is 2.59 bits per heavy atom. The largest absolute Gasteiger partial charge is 0.348 e. The number of carbonyl (C=O) groups is 1. The number of benzene rings is 2. The molecule has 114 valence electrons. The van der Waals surface area contributed by atoms with E-state index in [1.54, 1.807) is 11.8 Å². The fraction of sp³-hybridized carbons (Fsp3) is 0.278. The number of amides is 1. The molecule has 1 unspecified atom stereocenters. The molecule has 2 N–H and O–H groups in total. The molecule has 1 aliphatic rings. The molecule has 1 amide bonds. The molecule has 1 saturated heterocycles. The fourth-order valence-electron chi connectivity index (χ4n) is 2.49. The van der Waals surface area contributed by atoms with Gasteiger partial charge in [0.25, 0.3) is 5.91 Å². The van der Waals surface area contributed by atoms with Gasteiger partial charge in [-0.2, -0.15) is 0 Å². The first-order valence-corrected chi connectivity index (χ1v) is 8.58. The van der Waals surface area contributed by atoms with Crippen LogP contribution in [0.25, 0.3) is 0 Å². The summed E-state index contributed by atoms with van der Waals surface area (Å²) in [6.07, 6.45) is 1.01. The predicted molar refractivity (Wildman–Crippen MR) is 91.2 cm³/mol. The van der Waals surface area contributed by atoms with Gasteiger partial charge in [-0.05, 0) is 42.8 Å². The first-order valence-electron chi connectivity index (χ1n) is 7.59. The van der Waals surface area contributed by atoms with Crippen molar-refractivity contribution in [3.63, 3.8) is 0 Å². The lowest BCUT2D eigenvalue weighted by atomic mass is 10.2. The summed E-state index contributed by atoms with van der Waals surface area (Å²) in [4.78, 5) is 13.3. The van der Waals surface area contributed by atoms with E-state index >= 15 is 0 Å². The summed E-state index contributed by atoms with van der Waals surface area (Å²) in [7, 11) is 0. The van der Waals surface area contributed by atoms with Crippen LogP contribution in [0.2, 0.25) is 0 Å². The Hall–Kier alpha value is -1.78. The number of nitrogens with one attached hydrogen (secondary N) is 2. The van der Waals surface area contributed by atoms with E-state index in [4.69, 9.17) is 0 Å². The molecule has 0 saturated carbocycles. The van der Waals surface area contributed by atoms with E-state index in [1.165, 1.54) is 10.5 Å². The van der Waals surface area contributed by atoms with Crippen molar-refractivity contribution in [2.45, 2.75) is 23.1 Å². The third kappa shape index (κ3) is 4.12. The minimum absolute atomic E-state index is 0.0216. The molecule has 1 aliphatic heterocycles. The molecule has 22 heavy (non-hydrogen) atoms. The molecular formula is C18H20N2OS. The Bertz CT molecular complexity index is 607. The van der Waals surface area contributed by atoms with E-state index in [0.29, 0.717) is 0 Å². The van der Waals surface area contributed by atoms with Crippen molar-refractivity contribution in [1.29, 1.82) is 0 Å². The SMILES string of the molecule is O=C(NC1CCNC1)c1ccc(SCc2ccccc2)cc1. The van der Waals surface area contributed by atoms with Crippen LogP contribution in [0.15, 0.2) is 59.5 Å². The number of rotatable bonds is 5. The van der Waals surface area contributed by atoms with Crippen molar-refractivity contribution in [1.82, 2.24) is 10.6 Å². The summed E-state index contributed by atoms with van der Waals surface area (Å²) in [5.41, 5.74) is 2.04. The Kier molecular flexibility index (Phi) is 5.14. The summed E-state index contributed by atoms with van der Waals surface area (Å²) in [5.74, 6) is 0.966. The van der Waals surface area contributed by atoms with Gasteiger partial charge in [0.05, 0.1) is 0 Å². The van der Waals surface area contributed by atoms with Crippen molar-refractivity contribution in [2.24, 2.45) is 0 Å². The van der Waals surface area contributed by atoms with Gasteiger partial charge in [-0.15, -0.1) is 11.8 Å². The van der Waals surface area contributed by atoms with Crippen molar-refractivity contribution in [3.8, 4) is 0 Å². The highest BCUT2D eigenvalue weighted by molar-refractivity contribution is 7.98. The molecule has 0 radical (unpaired) electrons. The van der Waals surface area contributed by atoms with Gasteiger partial charge in [0, 0.05) is 28.8 Å². The quantitative estimate of drug-likeness (QED) is 0.834. The predicted octanol–water partition coefficient (Wildman–Crippen LogP) is 3.07. The van der Waals surface area contributed by atoms with Crippen LogP contribution in [0.1, 0.15) is 22.3 Å². The van der Waals surface area contributed by atoms with Crippen LogP contribution in [0, 0.1) is 0 Å². The lowest BCUT2D eigenvalue weighted by Gasteiger charge is -2.11. The normalized spacial score (nSPS) is 17.4. The van der Waals surface area contributed by atoms with Crippen molar-refractivity contribution in [3.05, 3.63) is 65.7 Å². The zero-order chi connectivity index (χ0) is 15.2. The molecule has 2 aromatic carbocycles. The van der Waals surface area contributed by atoms with Crippen molar-refractivity contribution >= 4 is 17.7 Å². The van der Waals surface area contributed by atoms with Crippen molar-refractivity contribution in [2.75, 3.05) is 13.1 Å². The van der Waals surface area contributed by atoms with Gasteiger partial charge < -0.3 is 10.6 Å². The second kappa shape index (κ2) is 7.47. The highest BCUT2D eigenvalue weighted by atomic mass is 32.2. The fourth-order valence-corrected chi connectivity index (χ4v) is 3.34. The minimum Gasteiger partial charge on any atom is -0.348 e. The van der Waals surface area contributed by atoms with Crippen LogP contribution in [0.3, 0.4) is 0 Å². The maximum Gasteiger partial charge on any atom is 0.251 e. The van der Waals surface area contributed by atoms with Crippen LogP contribution in [-0.4, -0.2) is 25.0 Å². The highest BCUT2D eigenvalue weighted by Gasteiger charge is 2.17. The van der Waals surface area contributed by atoms with E-state index in [-0.39, 0.29) is 11.9 Å².